The third kappa shape index (κ3) is 10.2. The molecule has 0 saturated heterocycles. The van der Waals surface area contributed by atoms with E-state index in [1.807, 2.05) is 14.2 Å². The van der Waals surface area contributed by atoms with Crippen molar-refractivity contribution in [2.24, 2.45) is 0 Å². The van der Waals surface area contributed by atoms with Gasteiger partial charge in [-0.3, -0.25) is 0 Å². The van der Waals surface area contributed by atoms with E-state index in [0.717, 1.165) is 12.8 Å². The molecule has 0 N–H and O–H groups in total. The molecule has 134 valence electrons. The van der Waals surface area contributed by atoms with Crippen LogP contribution in [0.2, 0.25) is 0 Å². The lowest BCUT2D eigenvalue weighted by atomic mass is 10.0. The van der Waals surface area contributed by atoms with Crippen molar-refractivity contribution in [3.63, 3.8) is 0 Å². The van der Waals surface area contributed by atoms with Gasteiger partial charge in [-0.15, -0.1) is 7.92 Å². The first-order valence-corrected chi connectivity index (χ1v) is 11.4. The van der Waals surface area contributed by atoms with Gasteiger partial charge in [0.15, 0.2) is 5.79 Å². The van der Waals surface area contributed by atoms with Crippen LogP contribution in [0.4, 0.5) is 0 Å². The maximum atomic E-state index is 5.77. The molecule has 0 aromatic carbocycles. The summed E-state index contributed by atoms with van der Waals surface area (Å²) in [6.45, 7) is 6.93. The molecule has 0 bridgehead atoms. The molecule has 0 unspecified atom stereocenters. The third-order valence-electron chi connectivity index (χ3n) is 4.83. The van der Waals surface area contributed by atoms with Crippen LogP contribution in [-0.4, -0.2) is 38.5 Å². The first-order valence-electron chi connectivity index (χ1n) is 9.50. The molecule has 3 heteroatoms. The second-order valence-electron chi connectivity index (χ2n) is 6.32. The average molecular weight is 333 g/mol. The lowest BCUT2D eigenvalue weighted by Crippen LogP contribution is -2.34. The number of methoxy groups -OCH3 is 2. The summed E-state index contributed by atoms with van der Waals surface area (Å²) < 4.78 is 11.5. The molecular weight excluding hydrogens is 291 g/mol. The number of unbranched alkanes of at least 4 members (excludes halogenated alkanes) is 6. The Morgan fingerprint density at radius 2 is 1.18 bits per heavy atom. The predicted octanol–water partition coefficient (Wildman–Crippen LogP) is 6.42. The summed E-state index contributed by atoms with van der Waals surface area (Å²) in [4.78, 5) is 0. The molecule has 0 aromatic rings. The normalized spacial score (nSPS) is 12.3. The molecule has 0 aliphatic heterocycles. The summed E-state index contributed by atoms with van der Waals surface area (Å²) in [5.41, 5.74) is 0. The third-order valence-corrected chi connectivity index (χ3v) is 7.57. The number of ether oxygens (including phenoxy) is 2. The minimum absolute atomic E-state index is 0.245. The summed E-state index contributed by atoms with van der Waals surface area (Å²) in [6, 6.07) is 0. The van der Waals surface area contributed by atoms with Crippen LogP contribution in [-0.2, 0) is 9.47 Å². The highest BCUT2D eigenvalue weighted by Gasteiger charge is 2.28. The van der Waals surface area contributed by atoms with Gasteiger partial charge in [0.1, 0.15) is 0 Å². The summed E-state index contributed by atoms with van der Waals surface area (Å²) in [5.74, 6) is -0.327. The van der Waals surface area contributed by atoms with Crippen LogP contribution >= 0.6 is 7.92 Å². The van der Waals surface area contributed by atoms with Gasteiger partial charge in [0.2, 0.25) is 0 Å². The smallest absolute Gasteiger partial charge is 0.167 e. The zero-order chi connectivity index (χ0) is 16.7. The maximum absolute atomic E-state index is 5.77. The number of hydrogen-bond acceptors (Lipinski definition) is 2. The predicted molar refractivity (Wildman–Crippen MR) is 101 cm³/mol. The van der Waals surface area contributed by atoms with Gasteiger partial charge >= 0.3 is 0 Å². The molecular formula is C19H41O2P. The molecule has 0 spiro atoms. The molecule has 0 saturated carbocycles. The largest absolute Gasteiger partial charge is 0.353 e. The highest BCUT2D eigenvalue weighted by Crippen LogP contribution is 2.37. The molecule has 0 atom stereocenters. The van der Waals surface area contributed by atoms with Gasteiger partial charge in [0.25, 0.3) is 0 Å². The topological polar surface area (TPSA) is 18.5 Å². The van der Waals surface area contributed by atoms with Crippen LogP contribution in [0.1, 0.15) is 85.0 Å². The molecule has 0 heterocycles. The summed E-state index contributed by atoms with van der Waals surface area (Å²) in [5, 5.41) is 0. The minimum Gasteiger partial charge on any atom is -0.353 e. The molecule has 22 heavy (non-hydrogen) atoms. The van der Waals surface area contributed by atoms with Gasteiger partial charge in [-0.05, 0) is 31.3 Å². The van der Waals surface area contributed by atoms with E-state index in [1.165, 1.54) is 69.9 Å². The fraction of sp³-hybridized carbons (Fsp3) is 1.00. The first kappa shape index (κ1) is 22.4. The monoisotopic (exact) mass is 332 g/mol. The average Bonchev–Trinajstić information content (AvgIpc) is 2.56. The van der Waals surface area contributed by atoms with Crippen molar-refractivity contribution < 1.29 is 9.47 Å². The minimum atomic E-state index is -0.327. The highest BCUT2D eigenvalue weighted by atomic mass is 31.1. The Hall–Kier alpha value is 0.350. The van der Waals surface area contributed by atoms with Gasteiger partial charge < -0.3 is 9.47 Å². The summed E-state index contributed by atoms with van der Waals surface area (Å²) >= 11 is 0. The molecule has 0 amide bonds. The number of hydrogen-bond donors (Lipinski definition) is 0. The highest BCUT2D eigenvalue weighted by molar-refractivity contribution is 7.57. The Kier molecular flexibility index (Phi) is 15.1. The molecule has 0 fully saturated rings. The van der Waals surface area contributed by atoms with Gasteiger partial charge in [-0.2, -0.15) is 0 Å². The Bertz CT molecular complexity index is 225. The van der Waals surface area contributed by atoms with E-state index in [2.05, 4.69) is 20.8 Å². The van der Waals surface area contributed by atoms with Gasteiger partial charge in [0.05, 0.1) is 0 Å². The molecule has 0 radical (unpaired) electrons. The SMILES string of the molecule is CCCCCCCCCC(CCCP(CC)CC)(OC)OC. The van der Waals surface area contributed by atoms with Crippen molar-refractivity contribution in [1.82, 2.24) is 0 Å². The van der Waals surface area contributed by atoms with Crippen molar-refractivity contribution >= 4 is 7.92 Å². The lowest BCUT2D eigenvalue weighted by Gasteiger charge is -2.31. The van der Waals surface area contributed by atoms with Crippen molar-refractivity contribution in [2.45, 2.75) is 90.8 Å². The van der Waals surface area contributed by atoms with Crippen LogP contribution in [0.25, 0.3) is 0 Å². The van der Waals surface area contributed by atoms with Crippen LogP contribution in [0.5, 0.6) is 0 Å². The van der Waals surface area contributed by atoms with Crippen molar-refractivity contribution in [2.75, 3.05) is 32.7 Å². The van der Waals surface area contributed by atoms with E-state index < -0.39 is 0 Å². The molecule has 2 nitrogen and oxygen atoms in total. The molecule has 0 rings (SSSR count). The summed E-state index contributed by atoms with van der Waals surface area (Å²) in [6.07, 6.45) is 16.8. The van der Waals surface area contributed by atoms with E-state index in [0.29, 0.717) is 0 Å². The van der Waals surface area contributed by atoms with E-state index >= 15 is 0 Å². The van der Waals surface area contributed by atoms with E-state index in [9.17, 15) is 0 Å². The summed E-state index contributed by atoms with van der Waals surface area (Å²) in [7, 11) is 3.87. The second-order valence-corrected chi connectivity index (χ2v) is 9.37. The Labute approximate surface area is 141 Å². The quantitative estimate of drug-likeness (QED) is 0.184. The fourth-order valence-electron chi connectivity index (χ4n) is 3.08. The van der Waals surface area contributed by atoms with Crippen LogP contribution in [0.3, 0.4) is 0 Å². The van der Waals surface area contributed by atoms with Crippen LogP contribution < -0.4 is 0 Å². The van der Waals surface area contributed by atoms with Crippen molar-refractivity contribution in [1.29, 1.82) is 0 Å². The van der Waals surface area contributed by atoms with Gasteiger partial charge in [0, 0.05) is 27.1 Å². The van der Waals surface area contributed by atoms with Crippen LogP contribution in [0.15, 0.2) is 0 Å². The first-order chi connectivity index (χ1) is 10.7. The molecule has 0 aliphatic carbocycles. The van der Waals surface area contributed by atoms with Crippen LogP contribution in [0, 0.1) is 0 Å². The van der Waals surface area contributed by atoms with Crippen molar-refractivity contribution in [3.8, 4) is 0 Å². The Morgan fingerprint density at radius 1 is 0.682 bits per heavy atom. The fourth-order valence-corrected chi connectivity index (χ4v) is 4.76. The van der Waals surface area contributed by atoms with Gasteiger partial charge in [-0.25, -0.2) is 0 Å². The van der Waals surface area contributed by atoms with Crippen molar-refractivity contribution in [3.05, 3.63) is 0 Å². The molecule has 0 aromatic heterocycles. The zero-order valence-electron chi connectivity index (χ0n) is 16.0. The second kappa shape index (κ2) is 14.9. The Balaban J connectivity index is 3.94. The van der Waals surface area contributed by atoms with E-state index in [-0.39, 0.29) is 13.7 Å². The molecule has 0 aliphatic rings. The van der Waals surface area contributed by atoms with E-state index in [4.69, 9.17) is 9.47 Å². The Morgan fingerprint density at radius 3 is 1.68 bits per heavy atom. The van der Waals surface area contributed by atoms with Gasteiger partial charge in [-0.1, -0.05) is 59.3 Å². The van der Waals surface area contributed by atoms with E-state index in [1.54, 1.807) is 0 Å². The zero-order valence-corrected chi connectivity index (χ0v) is 16.9. The number of rotatable bonds is 16. The maximum Gasteiger partial charge on any atom is 0.167 e. The lowest BCUT2D eigenvalue weighted by molar-refractivity contribution is -0.215. The standard InChI is InChI=1S/C19H41O2P/c1-6-9-10-11-12-13-14-16-19(20-4,21-5)17-15-18-22(7-2)8-3/h6-18H2,1-5H3.